The zero-order chi connectivity index (χ0) is 36.7. The number of quaternary nitrogens is 1. The molecule has 2 heterocycles. The van der Waals surface area contributed by atoms with Gasteiger partial charge in [0.15, 0.2) is 0 Å². The highest BCUT2D eigenvalue weighted by atomic mass is 32.2. The lowest BCUT2D eigenvalue weighted by Crippen LogP contribution is -2.40. The summed E-state index contributed by atoms with van der Waals surface area (Å²) in [5, 5.41) is 27.8. The lowest BCUT2D eigenvalue weighted by molar-refractivity contribution is -0.870. The summed E-state index contributed by atoms with van der Waals surface area (Å²) in [6.07, 6.45) is 7.32. The quantitative estimate of drug-likeness (QED) is 0.206. The molecule has 49 heavy (non-hydrogen) atoms. The normalized spacial score (nSPS) is 16.9. The maximum atomic E-state index is 12.1. The lowest BCUT2D eigenvalue weighted by Gasteiger charge is -2.21. The number of rotatable bonds is 10. The number of carboxylic acids is 2. The van der Waals surface area contributed by atoms with Gasteiger partial charge in [0, 0.05) is 0 Å². The summed E-state index contributed by atoms with van der Waals surface area (Å²) in [7, 11) is 6.16. The Balaban J connectivity index is 0.000000286. The molecule has 0 bridgehead atoms. The monoisotopic (exact) mass is 741 g/mol. The van der Waals surface area contributed by atoms with Gasteiger partial charge in [0.25, 0.3) is 11.8 Å². The standard InChI is InChI=1S/2C15H13NO3S2.C5H14NO/c2*1-10(7-11-5-3-2-4-6-11)8-12-14(19)16(9-13(17)18)15(20)21-12;1-6(2,3)4-5-7/h2*2-8H,9H2,1H3,(H,17,18);7H,4-5H2,1-3H3/q;;+1/p-1/b2*10-7+,12-8-;. The van der Waals surface area contributed by atoms with E-state index in [0.717, 1.165) is 66.6 Å². The fourth-order valence-corrected chi connectivity index (χ4v) is 6.57. The Hall–Kier alpha value is -3.92. The largest absolute Gasteiger partial charge is 0.548 e. The van der Waals surface area contributed by atoms with Crippen LogP contribution in [0.1, 0.15) is 25.0 Å². The highest BCUT2D eigenvalue weighted by Crippen LogP contribution is 2.32. The van der Waals surface area contributed by atoms with Crippen molar-refractivity contribution in [2.75, 3.05) is 47.4 Å². The number of carboxylic acid groups (broad SMARTS) is 2. The number of carbonyl (C=O) groups excluding carboxylic acids is 3. The van der Waals surface area contributed by atoms with Crippen molar-refractivity contribution in [2.45, 2.75) is 13.8 Å². The second-order valence-corrected chi connectivity index (χ2v) is 15.0. The Morgan fingerprint density at radius 3 is 1.47 bits per heavy atom. The van der Waals surface area contributed by atoms with Gasteiger partial charge in [-0.15, -0.1) is 0 Å². The van der Waals surface area contributed by atoms with E-state index in [2.05, 4.69) is 21.1 Å². The fourth-order valence-electron chi connectivity index (χ4n) is 3.96. The molecule has 0 aliphatic carbocycles. The summed E-state index contributed by atoms with van der Waals surface area (Å²) in [6.45, 7) is 3.96. The predicted octanol–water partition coefficient (Wildman–Crippen LogP) is 4.19. The van der Waals surface area contributed by atoms with Crippen LogP contribution in [-0.2, 0) is 19.2 Å². The molecule has 14 heteroatoms. The van der Waals surface area contributed by atoms with Crippen LogP contribution < -0.4 is 5.11 Å². The molecule has 10 nitrogen and oxygen atoms in total. The van der Waals surface area contributed by atoms with Crippen LogP contribution in [0.5, 0.6) is 0 Å². The van der Waals surface area contributed by atoms with Gasteiger partial charge >= 0.3 is 5.97 Å². The minimum Gasteiger partial charge on any atom is -0.548 e. The molecule has 0 atom stereocenters. The van der Waals surface area contributed by atoms with Crippen molar-refractivity contribution in [1.82, 2.24) is 9.80 Å². The number of hydrogen-bond acceptors (Lipinski definition) is 10. The maximum Gasteiger partial charge on any atom is 0.323 e. The zero-order valence-electron chi connectivity index (χ0n) is 27.8. The van der Waals surface area contributed by atoms with Crippen molar-refractivity contribution in [1.29, 1.82) is 0 Å². The summed E-state index contributed by atoms with van der Waals surface area (Å²) < 4.78 is 1.36. The molecule has 0 saturated carbocycles. The van der Waals surface area contributed by atoms with Gasteiger partial charge in [0.05, 0.1) is 50.1 Å². The molecule has 0 spiro atoms. The van der Waals surface area contributed by atoms with E-state index in [1.165, 1.54) is 0 Å². The van der Waals surface area contributed by atoms with Gasteiger partial charge in [-0.2, -0.15) is 0 Å². The smallest absolute Gasteiger partial charge is 0.323 e. The van der Waals surface area contributed by atoms with E-state index in [1.54, 1.807) is 12.2 Å². The van der Waals surface area contributed by atoms with E-state index < -0.39 is 30.9 Å². The summed E-state index contributed by atoms with van der Waals surface area (Å²) in [4.78, 5) is 48.5. The number of carbonyl (C=O) groups is 4. The molecular weight excluding hydrogens is 703 g/mol. The predicted molar refractivity (Wildman–Crippen MR) is 203 cm³/mol. The number of allylic oxidation sites excluding steroid dienone is 4. The number of amides is 2. The molecule has 0 aromatic heterocycles. The Kier molecular flexibility index (Phi) is 16.8. The van der Waals surface area contributed by atoms with E-state index in [4.69, 9.17) is 34.6 Å². The van der Waals surface area contributed by atoms with Gasteiger partial charge in [0.1, 0.15) is 21.7 Å². The molecule has 2 aliphatic rings. The first-order valence-electron chi connectivity index (χ1n) is 14.8. The maximum absolute atomic E-state index is 12.1. The first kappa shape index (κ1) is 41.3. The molecule has 2 N–H and O–H groups in total. The third-order valence-corrected chi connectivity index (χ3v) is 8.96. The number of likely N-dealkylation sites (N-methyl/N-ethyl adjacent to an activating group) is 1. The molecule has 2 amide bonds. The SMILES string of the molecule is CC(/C=C1\SC(=S)N(CC(=O)O)C1=O)=C\c1ccccc1.CC(/C=C1\SC(=S)N(CC(=O)[O-])C1=O)=C\c1ccccc1.C[N+](C)(C)CCO. The second-order valence-electron chi connectivity index (χ2n) is 11.6. The van der Waals surface area contributed by atoms with Crippen LogP contribution in [0.2, 0.25) is 0 Å². The third-order valence-electron chi connectivity index (χ3n) is 6.20. The van der Waals surface area contributed by atoms with Gasteiger partial charge in [-0.25, -0.2) is 0 Å². The van der Waals surface area contributed by atoms with Crippen LogP contribution in [0.15, 0.2) is 93.8 Å². The van der Waals surface area contributed by atoms with Crippen molar-refractivity contribution in [3.63, 3.8) is 0 Å². The average Bonchev–Trinajstić information content (AvgIpc) is 3.41. The number of aliphatic hydroxyl groups is 1. The molecule has 4 rings (SSSR count). The van der Waals surface area contributed by atoms with Crippen LogP contribution in [-0.4, -0.2) is 104 Å². The Labute approximate surface area is 306 Å². The van der Waals surface area contributed by atoms with Crippen LogP contribution in [0, 0.1) is 0 Å². The van der Waals surface area contributed by atoms with Gasteiger partial charge in [0.2, 0.25) is 0 Å². The summed E-state index contributed by atoms with van der Waals surface area (Å²) >= 11 is 12.3. The number of hydrogen-bond donors (Lipinski definition) is 2. The van der Waals surface area contributed by atoms with E-state index in [9.17, 15) is 24.3 Å². The van der Waals surface area contributed by atoms with E-state index in [0.29, 0.717) is 9.81 Å². The van der Waals surface area contributed by atoms with Crippen LogP contribution in [0.3, 0.4) is 0 Å². The molecule has 2 aliphatic heterocycles. The topological polar surface area (TPSA) is 138 Å². The number of thioether (sulfide) groups is 2. The van der Waals surface area contributed by atoms with Crippen molar-refractivity contribution < 1.29 is 39.0 Å². The number of nitrogens with zero attached hydrogens (tertiary/aromatic N) is 3. The Bertz CT molecular complexity index is 1550. The number of benzene rings is 2. The highest BCUT2D eigenvalue weighted by Gasteiger charge is 2.33. The van der Waals surface area contributed by atoms with Crippen molar-refractivity contribution >= 4 is 92.5 Å². The van der Waals surface area contributed by atoms with Crippen LogP contribution in [0.25, 0.3) is 12.2 Å². The van der Waals surface area contributed by atoms with E-state index in [-0.39, 0.29) is 21.2 Å². The molecule has 0 unspecified atom stereocenters. The molecule has 2 aromatic rings. The number of aliphatic hydroxyl groups excluding tert-OH is 1. The Morgan fingerprint density at radius 1 is 0.776 bits per heavy atom. The van der Waals surface area contributed by atoms with Crippen molar-refractivity contribution in [3.05, 3.63) is 105 Å². The Morgan fingerprint density at radius 2 is 1.16 bits per heavy atom. The molecule has 2 saturated heterocycles. The summed E-state index contributed by atoms with van der Waals surface area (Å²) in [6, 6.07) is 19.4. The summed E-state index contributed by atoms with van der Waals surface area (Å²) in [5.74, 6) is -3.16. The third kappa shape index (κ3) is 15.0. The van der Waals surface area contributed by atoms with E-state index >= 15 is 0 Å². The fraction of sp³-hybridized carbons (Fsp3) is 0.257. The second kappa shape index (κ2) is 19.9. The van der Waals surface area contributed by atoms with Crippen molar-refractivity contribution in [3.8, 4) is 0 Å². The van der Waals surface area contributed by atoms with Gasteiger partial charge in [-0.3, -0.25) is 24.2 Å². The van der Waals surface area contributed by atoms with Gasteiger partial charge < -0.3 is 24.6 Å². The lowest BCUT2D eigenvalue weighted by atomic mass is 10.1. The van der Waals surface area contributed by atoms with Crippen molar-refractivity contribution in [2.24, 2.45) is 0 Å². The number of aliphatic carboxylic acids is 2. The van der Waals surface area contributed by atoms with E-state index in [1.807, 2.05) is 86.7 Å². The minimum absolute atomic E-state index is 0.239. The van der Waals surface area contributed by atoms with Crippen LogP contribution >= 0.6 is 48.0 Å². The molecule has 2 fully saturated rings. The molecular formula is C35H39N3O7S4. The summed E-state index contributed by atoms with van der Waals surface area (Å²) in [5.41, 5.74) is 3.84. The minimum atomic E-state index is -1.33. The molecule has 2 aromatic carbocycles. The highest BCUT2D eigenvalue weighted by molar-refractivity contribution is 8.27. The van der Waals surface area contributed by atoms with Crippen LogP contribution in [0.4, 0.5) is 0 Å². The van der Waals surface area contributed by atoms with Gasteiger partial charge in [-0.1, -0.05) is 121 Å². The molecule has 260 valence electrons. The first-order valence-corrected chi connectivity index (χ1v) is 17.3. The zero-order valence-corrected chi connectivity index (χ0v) is 31.1. The number of thiocarbonyl (C=S) groups is 2. The van der Waals surface area contributed by atoms with Gasteiger partial charge in [-0.05, 0) is 48.3 Å². The first-order chi connectivity index (χ1) is 23.0. The average molecular weight is 742 g/mol. The molecule has 0 radical (unpaired) electrons.